The second-order valence-corrected chi connectivity index (χ2v) is 6.21. The minimum Gasteiger partial charge on any atom is -0.493 e. The minimum atomic E-state index is -0.175. The summed E-state index contributed by atoms with van der Waals surface area (Å²) in [6, 6.07) is 10.3. The van der Waals surface area contributed by atoms with Crippen molar-refractivity contribution in [3.8, 4) is 17.2 Å². The fourth-order valence-electron chi connectivity index (χ4n) is 2.21. The molecule has 0 unspecified atom stereocenters. The van der Waals surface area contributed by atoms with Crippen LogP contribution in [0.1, 0.15) is 5.56 Å². The van der Waals surface area contributed by atoms with E-state index in [9.17, 15) is 4.79 Å². The quantitative estimate of drug-likeness (QED) is 0.723. The summed E-state index contributed by atoms with van der Waals surface area (Å²) >= 11 is 11.8. The van der Waals surface area contributed by atoms with Crippen LogP contribution < -0.4 is 14.2 Å². The van der Waals surface area contributed by atoms with E-state index in [-0.39, 0.29) is 12.5 Å². The number of likely N-dealkylation sites (N-methyl/N-ethyl adjacent to an activating group) is 1. The zero-order chi connectivity index (χ0) is 18.4. The number of halogens is 2. The van der Waals surface area contributed by atoms with Crippen LogP contribution in [-0.2, 0) is 11.3 Å². The molecule has 7 heteroatoms. The summed E-state index contributed by atoms with van der Waals surface area (Å²) in [7, 11) is 4.85. The van der Waals surface area contributed by atoms with E-state index >= 15 is 0 Å². The van der Waals surface area contributed by atoms with Gasteiger partial charge in [-0.3, -0.25) is 4.79 Å². The molecule has 5 nitrogen and oxygen atoms in total. The lowest BCUT2D eigenvalue weighted by Crippen LogP contribution is -2.30. The SMILES string of the molecule is COc1ccc(CN(C)C(=O)COc2cc(Cl)cc(Cl)c2)cc1OC. The predicted molar refractivity (Wildman–Crippen MR) is 98.0 cm³/mol. The molecule has 0 fully saturated rings. The molecule has 0 bridgehead atoms. The van der Waals surface area contributed by atoms with E-state index in [2.05, 4.69) is 0 Å². The van der Waals surface area contributed by atoms with Crippen LogP contribution in [0.2, 0.25) is 10.0 Å². The molecule has 0 aliphatic heterocycles. The summed E-state index contributed by atoms with van der Waals surface area (Å²) in [4.78, 5) is 13.8. The van der Waals surface area contributed by atoms with Gasteiger partial charge in [0.2, 0.25) is 0 Å². The smallest absolute Gasteiger partial charge is 0.260 e. The third-order valence-electron chi connectivity index (χ3n) is 3.49. The average molecular weight is 384 g/mol. The first-order chi connectivity index (χ1) is 11.9. The maximum absolute atomic E-state index is 12.2. The molecule has 0 aliphatic carbocycles. The Bertz CT molecular complexity index is 732. The lowest BCUT2D eigenvalue weighted by Gasteiger charge is -2.18. The molecule has 0 aliphatic rings. The Labute approximate surface area is 157 Å². The summed E-state index contributed by atoms with van der Waals surface area (Å²) in [5.41, 5.74) is 0.916. The van der Waals surface area contributed by atoms with Crippen LogP contribution in [0.4, 0.5) is 0 Å². The summed E-state index contributed by atoms with van der Waals surface area (Å²) in [6.07, 6.45) is 0. The van der Waals surface area contributed by atoms with Crippen LogP contribution >= 0.6 is 23.2 Å². The first kappa shape index (κ1) is 19.2. The van der Waals surface area contributed by atoms with Gasteiger partial charge in [0.1, 0.15) is 5.75 Å². The predicted octanol–water partition coefficient (Wildman–Crippen LogP) is 4.05. The van der Waals surface area contributed by atoms with Crippen molar-refractivity contribution in [1.29, 1.82) is 0 Å². The minimum absolute atomic E-state index is 0.111. The van der Waals surface area contributed by atoms with Gasteiger partial charge in [-0.2, -0.15) is 0 Å². The lowest BCUT2D eigenvalue weighted by atomic mass is 10.2. The van der Waals surface area contributed by atoms with E-state index in [0.717, 1.165) is 5.56 Å². The zero-order valence-electron chi connectivity index (χ0n) is 14.2. The molecule has 0 aromatic heterocycles. The topological polar surface area (TPSA) is 48.0 Å². The van der Waals surface area contributed by atoms with Crippen molar-refractivity contribution in [3.05, 3.63) is 52.0 Å². The largest absolute Gasteiger partial charge is 0.493 e. The van der Waals surface area contributed by atoms with Crippen LogP contribution in [0.15, 0.2) is 36.4 Å². The molecule has 25 heavy (non-hydrogen) atoms. The van der Waals surface area contributed by atoms with Crippen LogP contribution in [0.25, 0.3) is 0 Å². The summed E-state index contributed by atoms with van der Waals surface area (Å²) in [6.45, 7) is 0.305. The molecule has 2 rings (SSSR count). The van der Waals surface area contributed by atoms with Gasteiger partial charge in [0.25, 0.3) is 5.91 Å². The molecule has 0 saturated carbocycles. The van der Waals surface area contributed by atoms with Crippen LogP contribution in [-0.4, -0.2) is 38.7 Å². The van der Waals surface area contributed by atoms with Crippen molar-refractivity contribution in [2.45, 2.75) is 6.54 Å². The second kappa shape index (κ2) is 8.83. The molecule has 0 N–H and O–H groups in total. The molecule has 1 amide bonds. The van der Waals surface area contributed by atoms with E-state index in [1.165, 1.54) is 0 Å². The molecule has 0 heterocycles. The Morgan fingerprint density at radius 2 is 1.64 bits per heavy atom. The van der Waals surface area contributed by atoms with Crippen molar-refractivity contribution in [1.82, 2.24) is 4.90 Å². The zero-order valence-corrected chi connectivity index (χ0v) is 15.7. The van der Waals surface area contributed by atoms with E-state index in [0.29, 0.717) is 33.8 Å². The van der Waals surface area contributed by atoms with Crippen molar-refractivity contribution in [3.63, 3.8) is 0 Å². The fourth-order valence-corrected chi connectivity index (χ4v) is 2.71. The number of rotatable bonds is 7. The number of nitrogens with zero attached hydrogens (tertiary/aromatic N) is 1. The van der Waals surface area contributed by atoms with Crippen molar-refractivity contribution in [2.75, 3.05) is 27.9 Å². The van der Waals surface area contributed by atoms with Crippen LogP contribution in [0.3, 0.4) is 0 Å². The van der Waals surface area contributed by atoms with Gasteiger partial charge in [0.05, 0.1) is 14.2 Å². The van der Waals surface area contributed by atoms with Gasteiger partial charge in [-0.1, -0.05) is 29.3 Å². The highest BCUT2D eigenvalue weighted by molar-refractivity contribution is 6.34. The standard InChI is InChI=1S/C18H19Cl2NO4/c1-21(10-12-4-5-16(23-2)17(6-12)24-3)18(22)11-25-15-8-13(19)7-14(20)9-15/h4-9H,10-11H2,1-3H3. The first-order valence-corrected chi connectivity index (χ1v) is 8.22. The number of methoxy groups -OCH3 is 2. The molecule has 0 saturated heterocycles. The average Bonchev–Trinajstić information content (AvgIpc) is 2.58. The van der Waals surface area contributed by atoms with E-state index in [1.807, 2.05) is 12.1 Å². The van der Waals surface area contributed by atoms with E-state index in [1.54, 1.807) is 50.4 Å². The highest BCUT2D eigenvalue weighted by Gasteiger charge is 2.12. The molecule has 2 aromatic carbocycles. The molecule has 134 valence electrons. The third-order valence-corrected chi connectivity index (χ3v) is 3.93. The van der Waals surface area contributed by atoms with Gasteiger partial charge in [0.15, 0.2) is 18.1 Å². The number of hydrogen-bond acceptors (Lipinski definition) is 4. The monoisotopic (exact) mass is 383 g/mol. The number of ether oxygens (including phenoxy) is 3. The van der Waals surface area contributed by atoms with Gasteiger partial charge in [-0.05, 0) is 35.9 Å². The van der Waals surface area contributed by atoms with Gasteiger partial charge >= 0.3 is 0 Å². The molecule has 2 aromatic rings. The molecular weight excluding hydrogens is 365 g/mol. The van der Waals surface area contributed by atoms with Crippen molar-refractivity contribution in [2.24, 2.45) is 0 Å². The molecular formula is C18H19Cl2NO4. The third kappa shape index (κ3) is 5.44. The van der Waals surface area contributed by atoms with Gasteiger partial charge < -0.3 is 19.1 Å². The van der Waals surface area contributed by atoms with Crippen LogP contribution in [0, 0.1) is 0 Å². The Morgan fingerprint density at radius 1 is 1.00 bits per heavy atom. The lowest BCUT2D eigenvalue weighted by molar-refractivity contribution is -0.132. The maximum atomic E-state index is 12.2. The number of benzene rings is 2. The summed E-state index contributed by atoms with van der Waals surface area (Å²) < 4.78 is 15.9. The highest BCUT2D eigenvalue weighted by Crippen LogP contribution is 2.28. The van der Waals surface area contributed by atoms with Crippen LogP contribution in [0.5, 0.6) is 17.2 Å². The molecule has 0 atom stereocenters. The highest BCUT2D eigenvalue weighted by atomic mass is 35.5. The fraction of sp³-hybridized carbons (Fsp3) is 0.278. The van der Waals surface area contributed by atoms with E-state index in [4.69, 9.17) is 37.4 Å². The van der Waals surface area contributed by atoms with Crippen molar-refractivity contribution < 1.29 is 19.0 Å². The number of hydrogen-bond donors (Lipinski definition) is 0. The Morgan fingerprint density at radius 3 is 2.24 bits per heavy atom. The molecule has 0 radical (unpaired) electrons. The number of carbonyl (C=O) groups is 1. The Balaban J connectivity index is 1.96. The normalized spacial score (nSPS) is 10.3. The van der Waals surface area contributed by atoms with E-state index < -0.39 is 0 Å². The molecule has 0 spiro atoms. The van der Waals surface area contributed by atoms with Crippen molar-refractivity contribution >= 4 is 29.1 Å². The summed E-state index contributed by atoms with van der Waals surface area (Å²) in [5, 5.41) is 0.905. The van der Waals surface area contributed by atoms with Gasteiger partial charge in [0, 0.05) is 23.6 Å². The Kier molecular flexibility index (Phi) is 6.79. The first-order valence-electron chi connectivity index (χ1n) is 7.46. The Hall–Kier alpha value is -2.11. The second-order valence-electron chi connectivity index (χ2n) is 5.33. The summed E-state index contributed by atoms with van der Waals surface area (Å²) in [5.74, 6) is 1.53. The van der Waals surface area contributed by atoms with Gasteiger partial charge in [-0.15, -0.1) is 0 Å². The number of amides is 1. The number of carbonyl (C=O) groups excluding carboxylic acids is 1. The maximum Gasteiger partial charge on any atom is 0.260 e. The van der Waals surface area contributed by atoms with Gasteiger partial charge in [-0.25, -0.2) is 0 Å².